The Kier molecular flexibility index (Phi) is 5.32. The van der Waals surface area contributed by atoms with Gasteiger partial charge in [0.15, 0.2) is 0 Å². The van der Waals surface area contributed by atoms with Crippen molar-refractivity contribution in [3.05, 3.63) is 58.7 Å². The van der Waals surface area contributed by atoms with E-state index >= 15 is 0 Å². The largest absolute Gasteiger partial charge is 0.496 e. The smallest absolute Gasteiger partial charge is 0.124 e. The van der Waals surface area contributed by atoms with Crippen molar-refractivity contribution in [3.63, 3.8) is 0 Å². The molecule has 0 aromatic heterocycles. The number of ether oxygens (including phenoxy) is 1. The fraction of sp³-hybridized carbons (Fsp3) is 0.333. The number of benzene rings is 2. The standard InChI is InChI=1S/C18H23NOS/c1-12-10-13(2)17(15(11-12)20-4)18(19-3)14-8-6-7-9-16(14)21-5/h6-11,18-19H,1-5H3. The van der Waals surface area contributed by atoms with Crippen molar-refractivity contribution in [2.45, 2.75) is 24.8 Å². The Balaban J connectivity index is 2.62. The summed E-state index contributed by atoms with van der Waals surface area (Å²) in [5, 5.41) is 3.45. The summed E-state index contributed by atoms with van der Waals surface area (Å²) in [6, 6.07) is 13.0. The zero-order chi connectivity index (χ0) is 15.4. The first kappa shape index (κ1) is 15.9. The van der Waals surface area contributed by atoms with E-state index in [0.717, 1.165) is 5.75 Å². The second-order valence-corrected chi connectivity index (χ2v) is 6.01. The number of methoxy groups -OCH3 is 1. The molecule has 1 unspecified atom stereocenters. The highest BCUT2D eigenvalue weighted by Crippen LogP contribution is 2.37. The number of nitrogens with one attached hydrogen (secondary N) is 1. The van der Waals surface area contributed by atoms with Gasteiger partial charge in [0.2, 0.25) is 0 Å². The van der Waals surface area contributed by atoms with E-state index in [1.807, 2.05) is 7.05 Å². The molecule has 0 spiro atoms. The van der Waals surface area contributed by atoms with Gasteiger partial charge in [0.25, 0.3) is 0 Å². The van der Waals surface area contributed by atoms with Crippen molar-refractivity contribution in [2.75, 3.05) is 20.4 Å². The van der Waals surface area contributed by atoms with Crippen LogP contribution >= 0.6 is 11.8 Å². The predicted molar refractivity (Wildman–Crippen MR) is 91.6 cm³/mol. The summed E-state index contributed by atoms with van der Waals surface area (Å²) in [6.45, 7) is 4.25. The lowest BCUT2D eigenvalue weighted by Crippen LogP contribution is -2.20. The summed E-state index contributed by atoms with van der Waals surface area (Å²) < 4.78 is 5.64. The highest BCUT2D eigenvalue weighted by Gasteiger charge is 2.21. The minimum Gasteiger partial charge on any atom is -0.496 e. The van der Waals surface area contributed by atoms with Crippen LogP contribution in [-0.2, 0) is 0 Å². The van der Waals surface area contributed by atoms with Gasteiger partial charge in [-0.25, -0.2) is 0 Å². The molecule has 112 valence electrons. The minimum atomic E-state index is 0.129. The van der Waals surface area contributed by atoms with Crippen molar-refractivity contribution in [1.29, 1.82) is 0 Å². The van der Waals surface area contributed by atoms with Crippen LogP contribution in [0.5, 0.6) is 5.75 Å². The molecule has 2 rings (SSSR count). The second kappa shape index (κ2) is 7.01. The lowest BCUT2D eigenvalue weighted by atomic mass is 9.93. The van der Waals surface area contributed by atoms with Crippen molar-refractivity contribution in [3.8, 4) is 5.75 Å². The number of hydrogen-bond donors (Lipinski definition) is 1. The maximum atomic E-state index is 5.64. The maximum Gasteiger partial charge on any atom is 0.124 e. The minimum absolute atomic E-state index is 0.129. The van der Waals surface area contributed by atoms with Crippen molar-refractivity contribution in [1.82, 2.24) is 5.32 Å². The average molecular weight is 301 g/mol. The normalized spacial score (nSPS) is 12.2. The van der Waals surface area contributed by atoms with Gasteiger partial charge in [-0.15, -0.1) is 11.8 Å². The molecule has 1 N–H and O–H groups in total. The van der Waals surface area contributed by atoms with Gasteiger partial charge in [0, 0.05) is 10.5 Å². The van der Waals surface area contributed by atoms with Crippen LogP contribution in [0.1, 0.15) is 28.3 Å². The quantitative estimate of drug-likeness (QED) is 0.830. The van der Waals surface area contributed by atoms with Crippen LogP contribution < -0.4 is 10.1 Å². The molecule has 3 heteroatoms. The highest BCUT2D eigenvalue weighted by atomic mass is 32.2. The molecule has 0 saturated carbocycles. The average Bonchev–Trinajstić information content (AvgIpc) is 2.49. The maximum absolute atomic E-state index is 5.64. The first-order valence-corrected chi connectivity index (χ1v) is 8.30. The molecule has 0 saturated heterocycles. The second-order valence-electron chi connectivity index (χ2n) is 5.16. The van der Waals surface area contributed by atoms with E-state index in [0.29, 0.717) is 0 Å². The molecule has 0 bridgehead atoms. The molecule has 0 aliphatic rings. The summed E-state index contributed by atoms with van der Waals surface area (Å²) in [4.78, 5) is 1.29. The van der Waals surface area contributed by atoms with E-state index in [1.165, 1.54) is 27.1 Å². The Bertz CT molecular complexity index is 625. The molecule has 21 heavy (non-hydrogen) atoms. The number of thioether (sulfide) groups is 1. The van der Waals surface area contributed by atoms with Gasteiger partial charge in [-0.2, -0.15) is 0 Å². The van der Waals surface area contributed by atoms with Gasteiger partial charge < -0.3 is 10.1 Å². The first-order valence-electron chi connectivity index (χ1n) is 7.07. The number of aryl methyl sites for hydroxylation is 2. The Labute approximate surface area is 131 Å². The fourth-order valence-electron chi connectivity index (χ4n) is 2.84. The van der Waals surface area contributed by atoms with E-state index in [9.17, 15) is 0 Å². The third-order valence-electron chi connectivity index (χ3n) is 3.74. The van der Waals surface area contributed by atoms with Crippen LogP contribution in [-0.4, -0.2) is 20.4 Å². The molecule has 2 aromatic rings. The molecule has 0 heterocycles. The van der Waals surface area contributed by atoms with Crippen LogP contribution in [0.15, 0.2) is 41.3 Å². The van der Waals surface area contributed by atoms with Gasteiger partial charge in [-0.3, -0.25) is 0 Å². The monoisotopic (exact) mass is 301 g/mol. The van der Waals surface area contributed by atoms with E-state index in [-0.39, 0.29) is 6.04 Å². The summed E-state index contributed by atoms with van der Waals surface area (Å²) in [7, 11) is 3.74. The van der Waals surface area contributed by atoms with Crippen LogP contribution in [0.4, 0.5) is 0 Å². The highest BCUT2D eigenvalue weighted by molar-refractivity contribution is 7.98. The van der Waals surface area contributed by atoms with E-state index in [2.05, 4.69) is 61.8 Å². The third-order valence-corrected chi connectivity index (χ3v) is 4.55. The Morgan fingerprint density at radius 1 is 1.14 bits per heavy atom. The van der Waals surface area contributed by atoms with Crippen LogP contribution in [0.3, 0.4) is 0 Å². The van der Waals surface area contributed by atoms with Gasteiger partial charge in [-0.05, 0) is 56.0 Å². The van der Waals surface area contributed by atoms with Crippen LogP contribution in [0, 0.1) is 13.8 Å². The lowest BCUT2D eigenvalue weighted by Gasteiger charge is -2.24. The van der Waals surface area contributed by atoms with Crippen LogP contribution in [0.2, 0.25) is 0 Å². The summed E-state index contributed by atoms with van der Waals surface area (Å²) in [5.41, 5.74) is 4.98. The van der Waals surface area contributed by atoms with Gasteiger partial charge in [0.05, 0.1) is 13.2 Å². The molecular formula is C18H23NOS. The number of hydrogen-bond acceptors (Lipinski definition) is 3. The molecule has 2 aromatic carbocycles. The van der Waals surface area contributed by atoms with Gasteiger partial charge in [0.1, 0.15) is 5.75 Å². The molecule has 0 radical (unpaired) electrons. The van der Waals surface area contributed by atoms with Crippen LogP contribution in [0.25, 0.3) is 0 Å². The summed E-state index contributed by atoms with van der Waals surface area (Å²) in [6.07, 6.45) is 2.12. The molecule has 2 nitrogen and oxygen atoms in total. The van der Waals surface area contributed by atoms with Crippen molar-refractivity contribution >= 4 is 11.8 Å². The van der Waals surface area contributed by atoms with Gasteiger partial charge >= 0.3 is 0 Å². The van der Waals surface area contributed by atoms with Crippen molar-refractivity contribution in [2.24, 2.45) is 0 Å². The molecule has 0 aliphatic heterocycles. The van der Waals surface area contributed by atoms with E-state index < -0.39 is 0 Å². The number of rotatable bonds is 5. The predicted octanol–water partition coefficient (Wildman–Crippen LogP) is 4.34. The Morgan fingerprint density at radius 2 is 1.86 bits per heavy atom. The zero-order valence-electron chi connectivity index (χ0n) is 13.4. The van der Waals surface area contributed by atoms with Crippen molar-refractivity contribution < 1.29 is 4.74 Å². The molecule has 0 amide bonds. The summed E-state index contributed by atoms with van der Waals surface area (Å²) in [5.74, 6) is 0.947. The summed E-state index contributed by atoms with van der Waals surface area (Å²) >= 11 is 1.78. The molecule has 1 atom stereocenters. The van der Waals surface area contributed by atoms with E-state index in [4.69, 9.17) is 4.74 Å². The topological polar surface area (TPSA) is 21.3 Å². The molecular weight excluding hydrogens is 278 g/mol. The molecule has 0 aliphatic carbocycles. The Hall–Kier alpha value is -1.45. The van der Waals surface area contributed by atoms with E-state index in [1.54, 1.807) is 18.9 Å². The first-order chi connectivity index (χ1) is 10.1. The fourth-order valence-corrected chi connectivity index (χ4v) is 3.48. The lowest BCUT2D eigenvalue weighted by molar-refractivity contribution is 0.404. The molecule has 0 fully saturated rings. The van der Waals surface area contributed by atoms with Gasteiger partial charge in [-0.1, -0.05) is 24.3 Å². The SMILES string of the molecule is CNC(c1ccccc1SC)c1c(C)cc(C)cc1OC. The third kappa shape index (κ3) is 3.25. The Morgan fingerprint density at radius 3 is 2.48 bits per heavy atom. The zero-order valence-corrected chi connectivity index (χ0v) is 14.2.